The van der Waals surface area contributed by atoms with Gasteiger partial charge in [0.15, 0.2) is 16.9 Å². The van der Waals surface area contributed by atoms with Crippen LogP contribution in [0.3, 0.4) is 0 Å². The Morgan fingerprint density at radius 1 is 1.05 bits per heavy atom. The number of hydrogen-bond acceptors (Lipinski definition) is 6. The number of rotatable bonds is 8. The van der Waals surface area contributed by atoms with Crippen LogP contribution >= 0.6 is 0 Å². The number of nitrogens with zero attached hydrogens (tertiary/aromatic N) is 1. The quantitative estimate of drug-likeness (QED) is 0.287. The smallest absolute Gasteiger partial charge is 0.291 e. The lowest BCUT2D eigenvalue weighted by atomic mass is 9.97. The van der Waals surface area contributed by atoms with Gasteiger partial charge in [-0.1, -0.05) is 26.0 Å². The number of ether oxygens (including phenoxy) is 2. The number of hydrogen-bond donors (Lipinski definition) is 0. The maximum atomic E-state index is 13.9. The van der Waals surface area contributed by atoms with Gasteiger partial charge in [-0.15, -0.1) is 0 Å². The van der Waals surface area contributed by atoms with E-state index in [-0.39, 0.29) is 23.6 Å². The largest absolute Gasteiger partial charge is 0.493 e. The van der Waals surface area contributed by atoms with Gasteiger partial charge in [-0.2, -0.15) is 0 Å². The Kier molecular flexibility index (Phi) is 6.54. The first-order chi connectivity index (χ1) is 17.8. The molecule has 0 bridgehead atoms. The first-order valence-electron chi connectivity index (χ1n) is 12.5. The molecule has 5 rings (SSSR count). The summed E-state index contributed by atoms with van der Waals surface area (Å²) in [6.07, 6.45) is 2.48. The average Bonchev–Trinajstić information content (AvgIpc) is 3.47. The van der Waals surface area contributed by atoms with E-state index in [1.54, 1.807) is 30.4 Å². The molecule has 1 amide bonds. The molecule has 3 heterocycles. The fourth-order valence-corrected chi connectivity index (χ4v) is 4.93. The molecule has 1 aliphatic rings. The third-order valence-electron chi connectivity index (χ3n) is 6.76. The van der Waals surface area contributed by atoms with Crippen LogP contribution in [0, 0.1) is 19.8 Å². The van der Waals surface area contributed by atoms with Crippen molar-refractivity contribution < 1.29 is 23.1 Å². The summed E-state index contributed by atoms with van der Waals surface area (Å²) in [4.78, 5) is 29.2. The van der Waals surface area contributed by atoms with Crippen molar-refractivity contribution in [3.8, 4) is 11.5 Å². The van der Waals surface area contributed by atoms with E-state index < -0.39 is 6.04 Å². The minimum Gasteiger partial charge on any atom is -0.493 e. The van der Waals surface area contributed by atoms with Gasteiger partial charge in [0, 0.05) is 0 Å². The van der Waals surface area contributed by atoms with E-state index in [1.165, 1.54) is 0 Å². The molecule has 37 heavy (non-hydrogen) atoms. The second-order valence-corrected chi connectivity index (χ2v) is 9.99. The Labute approximate surface area is 215 Å². The molecule has 7 heteroatoms. The van der Waals surface area contributed by atoms with Gasteiger partial charge in [0.25, 0.3) is 5.91 Å². The van der Waals surface area contributed by atoms with Crippen molar-refractivity contribution in [2.24, 2.45) is 5.92 Å². The zero-order valence-electron chi connectivity index (χ0n) is 21.8. The highest BCUT2D eigenvalue weighted by Gasteiger charge is 2.43. The van der Waals surface area contributed by atoms with E-state index in [2.05, 4.69) is 13.8 Å². The van der Waals surface area contributed by atoms with Gasteiger partial charge in [0.05, 0.1) is 43.5 Å². The molecular weight excluding hydrogens is 470 g/mol. The zero-order chi connectivity index (χ0) is 26.3. The van der Waals surface area contributed by atoms with E-state index in [4.69, 9.17) is 18.3 Å². The highest BCUT2D eigenvalue weighted by Crippen LogP contribution is 2.42. The molecule has 0 saturated heterocycles. The van der Waals surface area contributed by atoms with Crippen molar-refractivity contribution in [2.75, 3.05) is 13.7 Å². The average molecular weight is 502 g/mol. The van der Waals surface area contributed by atoms with E-state index in [0.717, 1.165) is 23.1 Å². The van der Waals surface area contributed by atoms with Gasteiger partial charge in [-0.25, -0.2) is 0 Å². The summed E-state index contributed by atoms with van der Waals surface area (Å²) in [5, 5.41) is 0.467. The molecule has 0 radical (unpaired) electrons. The first kappa shape index (κ1) is 24.7. The van der Waals surface area contributed by atoms with Gasteiger partial charge in [0.2, 0.25) is 5.76 Å². The van der Waals surface area contributed by atoms with Crippen LogP contribution in [-0.4, -0.2) is 24.5 Å². The number of carbonyl (C=O) groups excluding carboxylic acids is 1. The molecule has 0 spiro atoms. The highest BCUT2D eigenvalue weighted by molar-refractivity contribution is 5.99. The number of benzene rings is 2. The van der Waals surface area contributed by atoms with Crippen LogP contribution < -0.4 is 14.9 Å². The molecule has 1 atom stereocenters. The van der Waals surface area contributed by atoms with Crippen molar-refractivity contribution in [3.63, 3.8) is 0 Å². The summed E-state index contributed by atoms with van der Waals surface area (Å²) < 4.78 is 23.3. The molecule has 0 N–H and O–H groups in total. The van der Waals surface area contributed by atoms with Crippen molar-refractivity contribution >= 4 is 16.9 Å². The summed E-state index contributed by atoms with van der Waals surface area (Å²) in [6, 6.07) is 12.2. The number of furan rings is 1. The maximum Gasteiger partial charge on any atom is 0.291 e. The van der Waals surface area contributed by atoms with Gasteiger partial charge in [-0.3, -0.25) is 9.59 Å². The number of aryl methyl sites for hydroxylation is 2. The minimum atomic E-state index is -0.673. The lowest BCUT2D eigenvalue weighted by Crippen LogP contribution is -2.29. The van der Waals surface area contributed by atoms with Crippen molar-refractivity contribution in [1.82, 2.24) is 4.90 Å². The van der Waals surface area contributed by atoms with Gasteiger partial charge < -0.3 is 23.2 Å². The van der Waals surface area contributed by atoms with Crippen LogP contribution in [0.5, 0.6) is 11.5 Å². The number of carbonyl (C=O) groups is 1. The molecule has 7 nitrogen and oxygen atoms in total. The van der Waals surface area contributed by atoms with Crippen molar-refractivity contribution in [3.05, 3.63) is 92.7 Å². The molecule has 2 aromatic heterocycles. The SMILES string of the molecule is COc1cc(C2c3c(oc4c(C)cc(C)cc4c3=O)C(=O)N2Cc2ccco2)ccc1OCCC(C)C. The first-order valence-corrected chi connectivity index (χ1v) is 12.5. The Morgan fingerprint density at radius 3 is 2.57 bits per heavy atom. The van der Waals surface area contributed by atoms with Crippen LogP contribution in [0.4, 0.5) is 0 Å². The molecule has 1 aliphatic heterocycles. The van der Waals surface area contributed by atoms with Gasteiger partial charge >= 0.3 is 0 Å². The lowest BCUT2D eigenvalue weighted by Gasteiger charge is -2.25. The van der Waals surface area contributed by atoms with Crippen LogP contribution in [0.1, 0.15) is 64.9 Å². The van der Waals surface area contributed by atoms with Crippen LogP contribution in [0.2, 0.25) is 0 Å². The molecular formula is C30H31NO6. The molecule has 2 aromatic carbocycles. The number of methoxy groups -OCH3 is 1. The zero-order valence-corrected chi connectivity index (χ0v) is 21.8. The summed E-state index contributed by atoms with van der Waals surface area (Å²) in [5.41, 5.74) is 3.04. The normalized spacial score (nSPS) is 15.0. The Morgan fingerprint density at radius 2 is 1.86 bits per heavy atom. The summed E-state index contributed by atoms with van der Waals surface area (Å²) in [6.45, 7) is 8.85. The topological polar surface area (TPSA) is 82.1 Å². The van der Waals surface area contributed by atoms with E-state index in [9.17, 15) is 9.59 Å². The summed E-state index contributed by atoms with van der Waals surface area (Å²) in [7, 11) is 1.58. The third kappa shape index (κ3) is 4.50. The van der Waals surface area contributed by atoms with Crippen LogP contribution in [-0.2, 0) is 6.54 Å². The lowest BCUT2D eigenvalue weighted by molar-refractivity contribution is 0.0701. The molecule has 0 aliphatic carbocycles. The number of amides is 1. The monoisotopic (exact) mass is 501 g/mol. The minimum absolute atomic E-state index is 0.0669. The second kappa shape index (κ2) is 9.81. The van der Waals surface area contributed by atoms with E-state index in [0.29, 0.717) is 46.3 Å². The van der Waals surface area contributed by atoms with Crippen molar-refractivity contribution in [1.29, 1.82) is 0 Å². The van der Waals surface area contributed by atoms with E-state index >= 15 is 0 Å². The summed E-state index contributed by atoms with van der Waals surface area (Å²) >= 11 is 0. The standard InChI is InChI=1S/C30H31NO6/c1-17(2)10-12-36-23-9-8-20(15-24(23)34-5)26-25-27(32)22-14-18(3)13-19(4)28(22)37-29(25)30(33)31(26)16-21-7-6-11-35-21/h6-9,11,13-15,17,26H,10,12,16H2,1-5H3. The predicted octanol–water partition coefficient (Wildman–Crippen LogP) is 6.18. The van der Waals surface area contributed by atoms with Crippen molar-refractivity contribution in [2.45, 2.75) is 46.7 Å². The van der Waals surface area contributed by atoms with E-state index in [1.807, 2.05) is 44.2 Å². The molecule has 4 aromatic rings. The molecule has 0 saturated carbocycles. The fourth-order valence-electron chi connectivity index (χ4n) is 4.93. The molecule has 0 fully saturated rings. The Bertz CT molecular complexity index is 1520. The van der Waals surface area contributed by atoms with Crippen LogP contribution in [0.25, 0.3) is 11.0 Å². The number of fused-ring (bicyclic) bond motifs is 2. The maximum absolute atomic E-state index is 13.9. The molecule has 192 valence electrons. The third-order valence-corrected chi connectivity index (χ3v) is 6.76. The predicted molar refractivity (Wildman–Crippen MR) is 140 cm³/mol. The summed E-state index contributed by atoms with van der Waals surface area (Å²) in [5.74, 6) is 1.99. The Balaban J connectivity index is 1.65. The fraction of sp³-hybridized carbons (Fsp3) is 0.333. The molecule has 1 unspecified atom stereocenters. The Hall–Kier alpha value is -4.00. The second-order valence-electron chi connectivity index (χ2n) is 9.99. The van der Waals surface area contributed by atoms with Gasteiger partial charge in [-0.05, 0) is 73.2 Å². The van der Waals surface area contributed by atoms with Gasteiger partial charge in [0.1, 0.15) is 11.3 Å². The highest BCUT2D eigenvalue weighted by atomic mass is 16.5. The van der Waals surface area contributed by atoms with Crippen LogP contribution in [0.15, 0.2) is 62.4 Å².